The zero-order valence-electron chi connectivity index (χ0n) is 11.0. The van der Waals surface area contributed by atoms with Gasteiger partial charge in [0.25, 0.3) is 0 Å². The highest BCUT2D eigenvalue weighted by molar-refractivity contribution is 9.10. The average molecular weight is 351 g/mol. The Morgan fingerprint density at radius 2 is 1.95 bits per heavy atom. The summed E-state index contributed by atoms with van der Waals surface area (Å²) in [6, 6.07) is 12.2. The quantitative estimate of drug-likeness (QED) is 0.833. The first-order chi connectivity index (χ1) is 9.49. The van der Waals surface area contributed by atoms with Gasteiger partial charge >= 0.3 is 0 Å². The number of halogens is 1. The molecule has 0 saturated heterocycles. The highest BCUT2D eigenvalue weighted by Crippen LogP contribution is 2.32. The highest BCUT2D eigenvalue weighted by Gasteiger charge is 2.15. The van der Waals surface area contributed by atoms with Crippen LogP contribution in [0.25, 0.3) is 10.8 Å². The third kappa shape index (κ3) is 3.35. The van der Waals surface area contributed by atoms with E-state index in [2.05, 4.69) is 45.6 Å². The monoisotopic (exact) mass is 350 g/mol. The van der Waals surface area contributed by atoms with Gasteiger partial charge in [0.05, 0.1) is 0 Å². The summed E-state index contributed by atoms with van der Waals surface area (Å²) in [5.41, 5.74) is 6.45. The zero-order chi connectivity index (χ0) is 14.7. The molecular weight excluding hydrogens is 336 g/mol. The van der Waals surface area contributed by atoms with Crippen LogP contribution in [0.15, 0.2) is 40.9 Å². The Hall–Kier alpha value is -1.46. The van der Waals surface area contributed by atoms with Crippen LogP contribution in [0, 0.1) is 0 Å². The van der Waals surface area contributed by atoms with E-state index in [4.69, 9.17) is 5.73 Å². The summed E-state index contributed by atoms with van der Waals surface area (Å²) in [5.74, 6) is -0.0700. The topological polar surface area (TPSA) is 55.1 Å². The molecular formula is C15H15BrN2OS. The van der Waals surface area contributed by atoms with E-state index in [9.17, 15) is 4.79 Å². The minimum absolute atomic E-state index is 0.0165. The number of hydrogen-bond acceptors (Lipinski definition) is 2. The molecule has 0 aliphatic heterocycles. The highest BCUT2D eigenvalue weighted by atomic mass is 79.9. The Morgan fingerprint density at radius 1 is 1.30 bits per heavy atom. The van der Waals surface area contributed by atoms with Crippen molar-refractivity contribution in [1.29, 1.82) is 0 Å². The SMILES string of the molecule is CC(CC(=O)NC(N)=S)c1ccc(Br)c2ccccc12. The fourth-order valence-electron chi connectivity index (χ4n) is 2.29. The standard InChI is InChI=1S/C15H15BrN2OS/c1-9(8-14(19)18-15(17)20)10-6-7-13(16)12-5-3-2-4-11(10)12/h2-7,9H,8H2,1H3,(H3,17,18,19,20). The van der Waals surface area contributed by atoms with E-state index < -0.39 is 0 Å². The van der Waals surface area contributed by atoms with Gasteiger partial charge in [-0.2, -0.15) is 0 Å². The molecule has 0 saturated carbocycles. The number of carbonyl (C=O) groups excluding carboxylic acids is 1. The van der Waals surface area contributed by atoms with Gasteiger partial charge < -0.3 is 11.1 Å². The number of fused-ring (bicyclic) bond motifs is 1. The molecule has 1 atom stereocenters. The molecule has 0 fully saturated rings. The van der Waals surface area contributed by atoms with Crippen LogP contribution < -0.4 is 11.1 Å². The summed E-state index contributed by atoms with van der Waals surface area (Å²) in [6.07, 6.45) is 0.350. The summed E-state index contributed by atoms with van der Waals surface area (Å²) in [5, 5.41) is 4.78. The minimum atomic E-state index is -0.156. The van der Waals surface area contributed by atoms with E-state index in [0.29, 0.717) is 6.42 Å². The molecule has 2 rings (SSSR count). The third-order valence-corrected chi connectivity index (χ3v) is 3.98. The molecule has 5 heteroatoms. The van der Waals surface area contributed by atoms with Crippen LogP contribution in [0.5, 0.6) is 0 Å². The molecule has 0 radical (unpaired) electrons. The lowest BCUT2D eigenvalue weighted by Gasteiger charge is -2.15. The molecule has 0 spiro atoms. The number of carbonyl (C=O) groups is 1. The van der Waals surface area contributed by atoms with E-state index in [1.54, 1.807) is 0 Å². The molecule has 2 aromatic rings. The predicted molar refractivity (Wildman–Crippen MR) is 89.6 cm³/mol. The summed E-state index contributed by atoms with van der Waals surface area (Å²) in [6.45, 7) is 2.02. The van der Waals surface area contributed by atoms with Crippen molar-refractivity contribution in [2.45, 2.75) is 19.3 Å². The number of benzene rings is 2. The van der Waals surface area contributed by atoms with Crippen LogP contribution in [0.2, 0.25) is 0 Å². The second kappa shape index (κ2) is 6.33. The molecule has 0 bridgehead atoms. The van der Waals surface area contributed by atoms with Crippen LogP contribution in [-0.2, 0) is 4.79 Å². The van der Waals surface area contributed by atoms with Gasteiger partial charge in [-0.05, 0) is 40.5 Å². The number of amides is 1. The Bertz CT molecular complexity index is 672. The van der Waals surface area contributed by atoms with E-state index >= 15 is 0 Å². The van der Waals surface area contributed by atoms with E-state index in [1.165, 1.54) is 0 Å². The van der Waals surface area contributed by atoms with Gasteiger partial charge in [-0.25, -0.2) is 0 Å². The molecule has 1 unspecified atom stereocenters. The van der Waals surface area contributed by atoms with Crippen LogP contribution >= 0.6 is 28.1 Å². The molecule has 2 aromatic carbocycles. The van der Waals surface area contributed by atoms with E-state index in [0.717, 1.165) is 20.8 Å². The number of hydrogen-bond donors (Lipinski definition) is 2. The summed E-state index contributed by atoms with van der Waals surface area (Å²) in [4.78, 5) is 11.8. The van der Waals surface area contributed by atoms with Gasteiger partial charge in [-0.15, -0.1) is 0 Å². The summed E-state index contributed by atoms with van der Waals surface area (Å²) in [7, 11) is 0. The smallest absolute Gasteiger partial charge is 0.226 e. The Labute approximate surface area is 131 Å². The minimum Gasteiger partial charge on any atom is -0.376 e. The van der Waals surface area contributed by atoms with Crippen LogP contribution in [0.1, 0.15) is 24.8 Å². The van der Waals surface area contributed by atoms with Crippen molar-refractivity contribution in [2.24, 2.45) is 5.73 Å². The van der Waals surface area contributed by atoms with Gasteiger partial charge in [0.1, 0.15) is 0 Å². The molecule has 0 aliphatic rings. The lowest BCUT2D eigenvalue weighted by molar-refractivity contribution is -0.119. The molecule has 1 amide bonds. The second-order valence-corrected chi connectivity index (χ2v) is 5.99. The number of nitrogens with one attached hydrogen (secondary N) is 1. The zero-order valence-corrected chi connectivity index (χ0v) is 13.4. The van der Waals surface area contributed by atoms with Gasteiger partial charge in [0.2, 0.25) is 5.91 Å². The number of rotatable bonds is 3. The van der Waals surface area contributed by atoms with Crippen molar-refractivity contribution >= 4 is 49.9 Å². The largest absolute Gasteiger partial charge is 0.376 e. The van der Waals surface area contributed by atoms with Crippen molar-refractivity contribution in [2.75, 3.05) is 0 Å². The number of nitrogens with two attached hydrogens (primary N) is 1. The molecule has 0 heterocycles. The molecule has 3 nitrogen and oxygen atoms in total. The Balaban J connectivity index is 2.31. The van der Waals surface area contributed by atoms with E-state index in [-0.39, 0.29) is 16.9 Å². The first-order valence-corrected chi connectivity index (χ1v) is 7.45. The predicted octanol–water partition coefficient (Wildman–Crippen LogP) is 3.46. The Morgan fingerprint density at radius 3 is 2.60 bits per heavy atom. The van der Waals surface area contributed by atoms with Crippen molar-refractivity contribution in [3.05, 3.63) is 46.4 Å². The fraction of sp³-hybridized carbons (Fsp3) is 0.200. The summed E-state index contributed by atoms with van der Waals surface area (Å²) >= 11 is 8.23. The van der Waals surface area contributed by atoms with Crippen LogP contribution in [0.4, 0.5) is 0 Å². The summed E-state index contributed by atoms with van der Waals surface area (Å²) < 4.78 is 1.05. The van der Waals surface area contributed by atoms with Crippen molar-refractivity contribution in [1.82, 2.24) is 5.32 Å². The van der Waals surface area contributed by atoms with Crippen molar-refractivity contribution < 1.29 is 4.79 Å². The third-order valence-electron chi connectivity index (χ3n) is 3.19. The normalized spacial score (nSPS) is 12.1. The van der Waals surface area contributed by atoms with Crippen molar-refractivity contribution in [3.63, 3.8) is 0 Å². The lowest BCUT2D eigenvalue weighted by atomic mass is 9.92. The van der Waals surface area contributed by atoms with Gasteiger partial charge in [0, 0.05) is 10.9 Å². The lowest BCUT2D eigenvalue weighted by Crippen LogP contribution is -2.35. The molecule has 0 aromatic heterocycles. The maximum absolute atomic E-state index is 11.8. The second-order valence-electron chi connectivity index (χ2n) is 4.70. The Kier molecular flexibility index (Phi) is 4.73. The molecule has 20 heavy (non-hydrogen) atoms. The first-order valence-electron chi connectivity index (χ1n) is 6.25. The average Bonchev–Trinajstić information content (AvgIpc) is 2.38. The van der Waals surface area contributed by atoms with E-state index in [1.807, 2.05) is 31.2 Å². The van der Waals surface area contributed by atoms with Crippen molar-refractivity contribution in [3.8, 4) is 0 Å². The molecule has 3 N–H and O–H groups in total. The molecule has 0 aliphatic carbocycles. The first kappa shape index (κ1) is 14.9. The van der Waals surface area contributed by atoms with Gasteiger partial charge in [-0.1, -0.05) is 53.2 Å². The number of thiocarbonyl (C=S) groups is 1. The van der Waals surface area contributed by atoms with Gasteiger partial charge in [0.15, 0.2) is 5.11 Å². The maximum Gasteiger partial charge on any atom is 0.226 e. The maximum atomic E-state index is 11.8. The molecule has 104 valence electrons. The van der Waals surface area contributed by atoms with Crippen LogP contribution in [0.3, 0.4) is 0 Å². The van der Waals surface area contributed by atoms with Gasteiger partial charge in [-0.3, -0.25) is 4.79 Å². The van der Waals surface area contributed by atoms with Crippen LogP contribution in [-0.4, -0.2) is 11.0 Å². The fourth-order valence-corrected chi connectivity index (χ4v) is 2.88.